The lowest BCUT2D eigenvalue weighted by molar-refractivity contribution is 0.0600. The molecular weight excluding hydrogens is 324 g/mol. The van der Waals surface area contributed by atoms with Crippen molar-refractivity contribution in [1.82, 2.24) is 14.9 Å². The van der Waals surface area contributed by atoms with Gasteiger partial charge in [0.1, 0.15) is 5.82 Å². The number of thiazole rings is 1. The molecule has 2 aromatic heterocycles. The molecule has 1 aliphatic heterocycles. The molecule has 0 unspecified atom stereocenters. The summed E-state index contributed by atoms with van der Waals surface area (Å²) in [6.07, 6.45) is 2.73. The Morgan fingerprint density at radius 3 is 2.96 bits per heavy atom. The van der Waals surface area contributed by atoms with Crippen LogP contribution in [-0.4, -0.2) is 54.1 Å². The topological polar surface area (TPSA) is 58.6 Å². The summed E-state index contributed by atoms with van der Waals surface area (Å²) in [4.78, 5) is 25.3. The van der Waals surface area contributed by atoms with E-state index in [-0.39, 0.29) is 5.97 Å². The maximum Gasteiger partial charge on any atom is 0.338 e. The highest BCUT2D eigenvalue weighted by atomic mass is 32.1. The van der Waals surface area contributed by atoms with Gasteiger partial charge in [-0.25, -0.2) is 14.8 Å². The van der Waals surface area contributed by atoms with Crippen LogP contribution in [0.15, 0.2) is 23.7 Å². The molecule has 2 aromatic rings. The van der Waals surface area contributed by atoms with E-state index in [1.165, 1.54) is 7.11 Å². The zero-order valence-corrected chi connectivity index (χ0v) is 14.9. The van der Waals surface area contributed by atoms with E-state index in [0.717, 1.165) is 55.7 Å². The van der Waals surface area contributed by atoms with Gasteiger partial charge >= 0.3 is 5.97 Å². The molecule has 0 aliphatic carbocycles. The van der Waals surface area contributed by atoms with Crippen LogP contribution in [0, 0.1) is 6.92 Å². The molecule has 1 saturated heterocycles. The molecule has 0 saturated carbocycles. The zero-order chi connectivity index (χ0) is 16.9. The van der Waals surface area contributed by atoms with E-state index >= 15 is 0 Å². The number of methoxy groups -OCH3 is 1. The smallest absolute Gasteiger partial charge is 0.338 e. The Kier molecular flexibility index (Phi) is 5.42. The number of carbonyl (C=O) groups is 1. The highest BCUT2D eigenvalue weighted by molar-refractivity contribution is 7.09. The van der Waals surface area contributed by atoms with Crippen molar-refractivity contribution in [3.05, 3.63) is 40.0 Å². The summed E-state index contributed by atoms with van der Waals surface area (Å²) in [5.41, 5.74) is 1.69. The van der Waals surface area contributed by atoms with Crippen LogP contribution < -0.4 is 4.90 Å². The number of carbonyl (C=O) groups excluding carboxylic acids is 1. The summed E-state index contributed by atoms with van der Waals surface area (Å²) >= 11 is 1.70. The van der Waals surface area contributed by atoms with Crippen molar-refractivity contribution < 1.29 is 9.53 Å². The summed E-state index contributed by atoms with van der Waals surface area (Å²) in [6.45, 7) is 6.77. The highest BCUT2D eigenvalue weighted by Crippen LogP contribution is 2.17. The number of esters is 1. The molecule has 1 fully saturated rings. The van der Waals surface area contributed by atoms with Gasteiger partial charge in [-0.2, -0.15) is 0 Å². The van der Waals surface area contributed by atoms with Crippen LogP contribution in [0.1, 0.15) is 27.5 Å². The Labute approximate surface area is 146 Å². The van der Waals surface area contributed by atoms with Crippen LogP contribution in [0.4, 0.5) is 5.82 Å². The van der Waals surface area contributed by atoms with Crippen LogP contribution in [0.3, 0.4) is 0 Å². The Bertz CT molecular complexity index is 703. The van der Waals surface area contributed by atoms with Gasteiger partial charge in [0.25, 0.3) is 0 Å². The van der Waals surface area contributed by atoms with Gasteiger partial charge in [-0.1, -0.05) is 0 Å². The molecule has 24 heavy (non-hydrogen) atoms. The van der Waals surface area contributed by atoms with Gasteiger partial charge < -0.3 is 9.64 Å². The van der Waals surface area contributed by atoms with Crippen molar-refractivity contribution in [1.29, 1.82) is 0 Å². The van der Waals surface area contributed by atoms with Crippen LogP contribution in [0.2, 0.25) is 0 Å². The third kappa shape index (κ3) is 4.10. The fourth-order valence-electron chi connectivity index (χ4n) is 2.90. The van der Waals surface area contributed by atoms with Crippen molar-refractivity contribution in [2.45, 2.75) is 19.9 Å². The molecule has 3 rings (SSSR count). The average molecular weight is 346 g/mol. The Morgan fingerprint density at radius 2 is 2.21 bits per heavy atom. The van der Waals surface area contributed by atoms with E-state index in [2.05, 4.69) is 25.1 Å². The van der Waals surface area contributed by atoms with E-state index in [1.807, 2.05) is 13.0 Å². The van der Waals surface area contributed by atoms with E-state index in [1.54, 1.807) is 23.6 Å². The Hall–Kier alpha value is -1.99. The third-order valence-corrected chi connectivity index (χ3v) is 4.95. The van der Waals surface area contributed by atoms with Crippen LogP contribution in [0.5, 0.6) is 0 Å². The second-order valence-corrected chi connectivity index (χ2v) is 6.93. The van der Waals surface area contributed by atoms with Gasteiger partial charge in [-0.05, 0) is 25.5 Å². The fourth-order valence-corrected chi connectivity index (χ4v) is 3.51. The number of anilines is 1. The first-order chi connectivity index (χ1) is 11.7. The molecule has 0 amide bonds. The Balaban J connectivity index is 1.64. The van der Waals surface area contributed by atoms with Crippen molar-refractivity contribution >= 4 is 23.1 Å². The maximum absolute atomic E-state index is 11.7. The molecule has 0 atom stereocenters. The molecule has 0 radical (unpaired) electrons. The minimum Gasteiger partial charge on any atom is -0.465 e. The lowest BCUT2D eigenvalue weighted by Gasteiger charge is -2.22. The highest BCUT2D eigenvalue weighted by Gasteiger charge is 2.18. The maximum atomic E-state index is 11.7. The lowest BCUT2D eigenvalue weighted by atomic mass is 10.2. The quantitative estimate of drug-likeness (QED) is 0.792. The van der Waals surface area contributed by atoms with Gasteiger partial charge in [0.15, 0.2) is 0 Å². The first-order valence-electron chi connectivity index (χ1n) is 8.08. The SMILES string of the molecule is COC(=O)c1ccnc(N2CCCN(Cc3csc(C)n3)CC2)c1. The largest absolute Gasteiger partial charge is 0.465 e. The number of nitrogens with zero attached hydrogens (tertiary/aromatic N) is 4. The van der Waals surface area contributed by atoms with Crippen molar-refractivity contribution in [3.8, 4) is 0 Å². The summed E-state index contributed by atoms with van der Waals surface area (Å²) in [7, 11) is 1.40. The molecular formula is C17H22N4O2S. The lowest BCUT2D eigenvalue weighted by Crippen LogP contribution is -2.31. The molecule has 0 spiro atoms. The van der Waals surface area contributed by atoms with Gasteiger partial charge in [0.05, 0.1) is 23.4 Å². The Morgan fingerprint density at radius 1 is 1.33 bits per heavy atom. The molecule has 0 bridgehead atoms. The van der Waals surface area contributed by atoms with Crippen LogP contribution in [-0.2, 0) is 11.3 Å². The first-order valence-corrected chi connectivity index (χ1v) is 8.96. The number of hydrogen-bond acceptors (Lipinski definition) is 7. The fraction of sp³-hybridized carbons (Fsp3) is 0.471. The second kappa shape index (κ2) is 7.72. The van der Waals surface area contributed by atoms with Crippen molar-refractivity contribution in [2.75, 3.05) is 38.2 Å². The molecule has 3 heterocycles. The van der Waals surface area contributed by atoms with Gasteiger partial charge in [-0.15, -0.1) is 11.3 Å². The predicted octanol–water partition coefficient (Wildman–Crippen LogP) is 2.35. The minimum atomic E-state index is -0.325. The number of ether oxygens (including phenoxy) is 1. The van der Waals surface area contributed by atoms with E-state index in [0.29, 0.717) is 5.56 Å². The van der Waals surface area contributed by atoms with Crippen LogP contribution in [0.25, 0.3) is 0 Å². The monoisotopic (exact) mass is 346 g/mol. The third-order valence-electron chi connectivity index (χ3n) is 4.13. The second-order valence-electron chi connectivity index (χ2n) is 5.87. The molecule has 128 valence electrons. The molecule has 0 N–H and O–H groups in total. The summed E-state index contributed by atoms with van der Waals surface area (Å²) in [6, 6.07) is 3.50. The zero-order valence-electron chi connectivity index (χ0n) is 14.1. The van der Waals surface area contributed by atoms with Crippen molar-refractivity contribution in [3.63, 3.8) is 0 Å². The van der Waals surface area contributed by atoms with Gasteiger partial charge in [0.2, 0.25) is 0 Å². The predicted molar refractivity (Wildman–Crippen MR) is 94.5 cm³/mol. The number of rotatable bonds is 4. The standard InChI is InChI=1S/C17H22N4O2S/c1-13-19-15(12-24-13)11-20-6-3-7-21(9-8-20)16-10-14(4-5-18-16)17(22)23-2/h4-5,10,12H,3,6-9,11H2,1-2H3. The van der Waals surface area contributed by atoms with Crippen molar-refractivity contribution in [2.24, 2.45) is 0 Å². The number of aryl methyl sites for hydroxylation is 1. The number of hydrogen-bond donors (Lipinski definition) is 0. The summed E-state index contributed by atoms with van der Waals surface area (Å²) in [5, 5.41) is 3.25. The molecule has 0 aromatic carbocycles. The molecule has 6 nitrogen and oxygen atoms in total. The van der Waals surface area contributed by atoms with E-state index < -0.39 is 0 Å². The van der Waals surface area contributed by atoms with Gasteiger partial charge in [0, 0.05) is 44.3 Å². The number of pyridine rings is 1. The van der Waals surface area contributed by atoms with E-state index in [9.17, 15) is 4.79 Å². The normalized spacial score (nSPS) is 16.0. The molecule has 1 aliphatic rings. The first kappa shape index (κ1) is 16.9. The van der Waals surface area contributed by atoms with Gasteiger partial charge in [-0.3, -0.25) is 4.90 Å². The molecule has 7 heteroatoms. The average Bonchev–Trinajstić information content (AvgIpc) is 2.87. The number of aromatic nitrogens is 2. The summed E-state index contributed by atoms with van der Waals surface area (Å²) in [5.74, 6) is 0.512. The summed E-state index contributed by atoms with van der Waals surface area (Å²) < 4.78 is 4.79. The minimum absolute atomic E-state index is 0.325. The van der Waals surface area contributed by atoms with E-state index in [4.69, 9.17) is 4.74 Å². The van der Waals surface area contributed by atoms with Crippen LogP contribution >= 0.6 is 11.3 Å².